The van der Waals surface area contributed by atoms with Crippen molar-refractivity contribution in [3.63, 3.8) is 0 Å². The van der Waals surface area contributed by atoms with Gasteiger partial charge in [0.2, 0.25) is 12.1 Å². The summed E-state index contributed by atoms with van der Waals surface area (Å²) in [4.78, 5) is 23.0. The van der Waals surface area contributed by atoms with Gasteiger partial charge < -0.3 is 14.8 Å². The van der Waals surface area contributed by atoms with E-state index in [1.165, 1.54) is 19.8 Å². The Labute approximate surface area is 148 Å². The fourth-order valence-electron chi connectivity index (χ4n) is 2.12. The van der Waals surface area contributed by atoms with Gasteiger partial charge in [-0.15, -0.1) is 0 Å². The highest BCUT2D eigenvalue weighted by Gasteiger charge is 2.15. The second-order valence-corrected chi connectivity index (χ2v) is 6.04. The molecule has 6 heteroatoms. The van der Waals surface area contributed by atoms with Crippen molar-refractivity contribution in [2.45, 2.75) is 58.6 Å². The maximum Gasteiger partial charge on any atom is 0.305 e. The molecule has 0 aliphatic carbocycles. The highest BCUT2D eigenvalue weighted by molar-refractivity contribution is 6.30. The molecule has 5 nitrogen and oxygen atoms in total. The van der Waals surface area contributed by atoms with Crippen molar-refractivity contribution in [3.05, 3.63) is 29.3 Å². The minimum Gasteiger partial charge on any atom is -0.467 e. The van der Waals surface area contributed by atoms with Crippen molar-refractivity contribution in [2.75, 3.05) is 6.61 Å². The molecule has 1 rings (SSSR count). The highest BCUT2D eigenvalue weighted by atomic mass is 35.5. The zero-order chi connectivity index (χ0) is 17.8. The molecular weight excluding hydrogens is 330 g/mol. The number of amides is 1. The van der Waals surface area contributed by atoms with Gasteiger partial charge in [-0.3, -0.25) is 9.59 Å². The summed E-state index contributed by atoms with van der Waals surface area (Å²) in [6, 6.07) is 6.74. The average molecular weight is 356 g/mol. The van der Waals surface area contributed by atoms with Crippen LogP contribution < -0.4 is 10.1 Å². The molecule has 0 aliphatic heterocycles. The third-order valence-electron chi connectivity index (χ3n) is 3.34. The molecule has 1 amide bonds. The normalized spacial score (nSPS) is 11.6. The first kappa shape index (κ1) is 20.3. The van der Waals surface area contributed by atoms with Crippen LogP contribution in [-0.4, -0.2) is 24.7 Å². The molecule has 24 heavy (non-hydrogen) atoms. The first-order chi connectivity index (χ1) is 11.5. The van der Waals surface area contributed by atoms with Gasteiger partial charge in [-0.05, 0) is 30.7 Å². The van der Waals surface area contributed by atoms with Gasteiger partial charge in [-0.25, -0.2) is 0 Å². The molecule has 1 aromatic rings. The Balaban J connectivity index is 2.38. The van der Waals surface area contributed by atoms with E-state index in [4.69, 9.17) is 21.1 Å². The third kappa shape index (κ3) is 9.40. The van der Waals surface area contributed by atoms with Crippen LogP contribution in [0.4, 0.5) is 0 Å². The Hall–Kier alpha value is -1.75. The van der Waals surface area contributed by atoms with Gasteiger partial charge in [0.15, 0.2) is 0 Å². The fourth-order valence-corrected chi connectivity index (χ4v) is 2.25. The summed E-state index contributed by atoms with van der Waals surface area (Å²) in [5.74, 6) is -0.0000932. The number of hydrogen-bond acceptors (Lipinski definition) is 4. The van der Waals surface area contributed by atoms with Crippen LogP contribution in [0, 0.1) is 0 Å². The van der Waals surface area contributed by atoms with Crippen LogP contribution in [0.5, 0.6) is 5.75 Å². The highest BCUT2D eigenvalue weighted by Crippen LogP contribution is 2.16. The third-order valence-corrected chi connectivity index (χ3v) is 3.59. The minimum atomic E-state index is -0.729. The zero-order valence-corrected chi connectivity index (χ0v) is 15.1. The summed E-state index contributed by atoms with van der Waals surface area (Å²) in [5.41, 5.74) is 0. The van der Waals surface area contributed by atoms with Crippen molar-refractivity contribution in [2.24, 2.45) is 0 Å². The Morgan fingerprint density at radius 2 is 1.79 bits per heavy atom. The van der Waals surface area contributed by atoms with E-state index in [1.807, 2.05) is 0 Å². The van der Waals surface area contributed by atoms with Crippen LogP contribution in [-0.2, 0) is 14.3 Å². The molecule has 0 aromatic heterocycles. The van der Waals surface area contributed by atoms with E-state index in [-0.39, 0.29) is 18.5 Å². The Morgan fingerprint density at radius 3 is 2.42 bits per heavy atom. The molecule has 0 radical (unpaired) electrons. The predicted octanol–water partition coefficient (Wildman–Crippen LogP) is 4.08. The number of carbonyl (C=O) groups excluding carboxylic acids is 2. The van der Waals surface area contributed by atoms with E-state index < -0.39 is 6.23 Å². The SMILES string of the molecule is CCCCCCCC(=O)OCC(NC(C)=O)Oc1ccc(Cl)cc1. The van der Waals surface area contributed by atoms with Crippen molar-refractivity contribution < 1.29 is 19.1 Å². The number of unbranched alkanes of at least 4 members (excludes halogenated alkanes) is 4. The number of nitrogens with one attached hydrogen (secondary N) is 1. The lowest BCUT2D eigenvalue weighted by Crippen LogP contribution is -2.41. The Kier molecular flexibility index (Phi) is 9.92. The topological polar surface area (TPSA) is 64.6 Å². The number of ether oxygens (including phenoxy) is 2. The van der Waals surface area contributed by atoms with Crippen LogP contribution in [0.25, 0.3) is 0 Å². The second-order valence-electron chi connectivity index (χ2n) is 5.61. The number of benzene rings is 1. The molecule has 0 bridgehead atoms. The second kappa shape index (κ2) is 11.7. The largest absolute Gasteiger partial charge is 0.467 e. The van der Waals surface area contributed by atoms with E-state index in [9.17, 15) is 9.59 Å². The van der Waals surface area contributed by atoms with Gasteiger partial charge in [0.05, 0.1) is 0 Å². The Morgan fingerprint density at radius 1 is 1.12 bits per heavy atom. The van der Waals surface area contributed by atoms with Gasteiger partial charge in [-0.2, -0.15) is 0 Å². The molecule has 1 unspecified atom stereocenters. The molecule has 1 N–H and O–H groups in total. The van der Waals surface area contributed by atoms with E-state index >= 15 is 0 Å². The van der Waals surface area contributed by atoms with Crippen molar-refractivity contribution >= 4 is 23.5 Å². The van der Waals surface area contributed by atoms with E-state index in [0.29, 0.717) is 17.2 Å². The fraction of sp³-hybridized carbons (Fsp3) is 0.556. The molecule has 0 saturated heterocycles. The molecule has 0 fully saturated rings. The van der Waals surface area contributed by atoms with Crippen LogP contribution in [0.1, 0.15) is 52.4 Å². The van der Waals surface area contributed by atoms with E-state index in [0.717, 1.165) is 19.3 Å². The number of rotatable bonds is 11. The first-order valence-electron chi connectivity index (χ1n) is 8.36. The molecule has 134 valence electrons. The monoisotopic (exact) mass is 355 g/mol. The summed E-state index contributed by atoms with van der Waals surface area (Å²) < 4.78 is 10.8. The van der Waals surface area contributed by atoms with Gasteiger partial charge in [-0.1, -0.05) is 44.2 Å². The average Bonchev–Trinajstić information content (AvgIpc) is 2.54. The van der Waals surface area contributed by atoms with Gasteiger partial charge in [0, 0.05) is 18.4 Å². The zero-order valence-electron chi connectivity index (χ0n) is 14.3. The van der Waals surface area contributed by atoms with Crippen LogP contribution in [0.3, 0.4) is 0 Å². The minimum absolute atomic E-state index is 0.0317. The molecule has 0 heterocycles. The van der Waals surface area contributed by atoms with Crippen LogP contribution in [0.15, 0.2) is 24.3 Å². The van der Waals surface area contributed by atoms with Crippen LogP contribution in [0.2, 0.25) is 5.02 Å². The summed E-state index contributed by atoms with van der Waals surface area (Å²) >= 11 is 5.82. The number of halogens is 1. The Bertz CT molecular complexity index is 504. The lowest BCUT2D eigenvalue weighted by Gasteiger charge is -2.19. The van der Waals surface area contributed by atoms with E-state index in [2.05, 4.69) is 12.2 Å². The van der Waals surface area contributed by atoms with Crippen molar-refractivity contribution in [3.8, 4) is 5.75 Å². The summed E-state index contributed by atoms with van der Waals surface area (Å²) in [6.07, 6.45) is 5.00. The van der Waals surface area contributed by atoms with Crippen LogP contribution >= 0.6 is 11.6 Å². The molecule has 1 aromatic carbocycles. The lowest BCUT2D eigenvalue weighted by molar-refractivity contribution is -0.147. The maximum atomic E-state index is 11.8. The molecule has 1 atom stereocenters. The molecule has 0 spiro atoms. The summed E-state index contributed by atoms with van der Waals surface area (Å²) in [7, 11) is 0. The van der Waals surface area contributed by atoms with Gasteiger partial charge >= 0.3 is 5.97 Å². The maximum absolute atomic E-state index is 11.8. The number of carbonyl (C=O) groups is 2. The van der Waals surface area contributed by atoms with Gasteiger partial charge in [0.25, 0.3) is 0 Å². The first-order valence-corrected chi connectivity index (χ1v) is 8.74. The smallest absolute Gasteiger partial charge is 0.305 e. The quantitative estimate of drug-likeness (QED) is 0.369. The molecule has 0 aliphatic rings. The van der Waals surface area contributed by atoms with Crippen molar-refractivity contribution in [1.82, 2.24) is 5.32 Å². The standard InChI is InChI=1S/C18H26ClNO4/c1-3-4-5-6-7-8-18(22)23-13-17(20-14(2)21)24-16-11-9-15(19)10-12-16/h9-12,17H,3-8,13H2,1-2H3,(H,20,21). The lowest BCUT2D eigenvalue weighted by atomic mass is 10.1. The summed E-state index contributed by atoms with van der Waals surface area (Å²) in [6.45, 7) is 3.50. The molecular formula is C18H26ClNO4. The van der Waals surface area contributed by atoms with E-state index in [1.54, 1.807) is 24.3 Å². The predicted molar refractivity (Wildman–Crippen MR) is 94.0 cm³/mol. The number of esters is 1. The number of hydrogen-bond donors (Lipinski definition) is 1. The van der Waals surface area contributed by atoms with Gasteiger partial charge in [0.1, 0.15) is 12.4 Å². The summed E-state index contributed by atoms with van der Waals surface area (Å²) in [5, 5.41) is 3.20. The van der Waals surface area contributed by atoms with Crippen molar-refractivity contribution in [1.29, 1.82) is 0 Å². The molecule has 0 saturated carbocycles.